The van der Waals surface area contributed by atoms with E-state index in [0.29, 0.717) is 25.8 Å². The van der Waals surface area contributed by atoms with Crippen molar-refractivity contribution in [2.45, 2.75) is 31.4 Å². The number of hydrogen-bond donors (Lipinski definition) is 2. The van der Waals surface area contributed by atoms with Crippen LogP contribution in [0.2, 0.25) is 0 Å². The Morgan fingerprint density at radius 2 is 2.13 bits per heavy atom. The second kappa shape index (κ2) is 6.89. The number of nitrogens with two attached hydrogens (primary N) is 1. The highest BCUT2D eigenvalue weighted by atomic mass is 16.3. The molecule has 7 heteroatoms. The highest BCUT2D eigenvalue weighted by molar-refractivity contribution is 5.98. The van der Waals surface area contributed by atoms with E-state index in [9.17, 15) is 9.90 Å². The average Bonchev–Trinajstić information content (AvgIpc) is 3.19. The predicted octanol–water partition coefficient (Wildman–Crippen LogP) is 0.508. The van der Waals surface area contributed by atoms with Crippen molar-refractivity contribution < 1.29 is 9.90 Å². The Hall–Kier alpha value is -2.25. The van der Waals surface area contributed by atoms with E-state index in [1.165, 1.54) is 0 Å². The van der Waals surface area contributed by atoms with Crippen molar-refractivity contribution in [3.05, 3.63) is 42.2 Å². The van der Waals surface area contributed by atoms with Gasteiger partial charge in [0.2, 0.25) is 0 Å². The minimum absolute atomic E-state index is 0.0367. The first kappa shape index (κ1) is 15.6. The molecule has 3 N–H and O–H groups in total. The lowest BCUT2D eigenvalue weighted by Gasteiger charge is -2.16. The molecule has 1 aromatic carbocycles. The quantitative estimate of drug-likeness (QED) is 0.809. The van der Waals surface area contributed by atoms with Crippen molar-refractivity contribution in [1.82, 2.24) is 15.0 Å². The molecule has 0 aliphatic carbocycles. The molecule has 1 aliphatic rings. The van der Waals surface area contributed by atoms with Crippen LogP contribution in [0.4, 0.5) is 5.69 Å². The molecule has 0 saturated carbocycles. The van der Waals surface area contributed by atoms with Crippen molar-refractivity contribution in [1.29, 1.82) is 0 Å². The van der Waals surface area contributed by atoms with Gasteiger partial charge in [-0.2, -0.15) is 0 Å². The molecule has 0 radical (unpaired) electrons. The molecule has 23 heavy (non-hydrogen) atoms. The number of aryl methyl sites for hydroxylation is 1. The number of rotatable bonds is 6. The number of aliphatic hydroxyl groups excluding tert-OH is 1. The SMILES string of the molecule is NCC(O)CCc1cn(C2CCN(c3ccccc3)C2=O)nn1. The van der Waals surface area contributed by atoms with Crippen molar-refractivity contribution in [2.75, 3.05) is 18.0 Å². The minimum Gasteiger partial charge on any atom is -0.392 e. The van der Waals surface area contributed by atoms with Gasteiger partial charge in [-0.15, -0.1) is 5.10 Å². The summed E-state index contributed by atoms with van der Waals surface area (Å²) in [6.45, 7) is 0.913. The number of carbonyl (C=O) groups is 1. The van der Waals surface area contributed by atoms with Crippen LogP contribution in [0.25, 0.3) is 0 Å². The molecule has 1 aliphatic heterocycles. The molecule has 2 unspecified atom stereocenters. The Morgan fingerprint density at radius 1 is 1.35 bits per heavy atom. The highest BCUT2D eigenvalue weighted by Gasteiger charge is 2.34. The topological polar surface area (TPSA) is 97.3 Å². The molecule has 2 heterocycles. The van der Waals surface area contributed by atoms with Crippen LogP contribution in [-0.4, -0.2) is 45.2 Å². The summed E-state index contributed by atoms with van der Waals surface area (Å²) < 4.78 is 1.63. The molecule has 3 rings (SSSR count). The third-order valence-electron chi connectivity index (χ3n) is 4.13. The first-order chi connectivity index (χ1) is 11.2. The van der Waals surface area contributed by atoms with E-state index < -0.39 is 6.10 Å². The average molecular weight is 315 g/mol. The number of amides is 1. The molecule has 1 saturated heterocycles. The van der Waals surface area contributed by atoms with Gasteiger partial charge in [0.15, 0.2) is 0 Å². The summed E-state index contributed by atoms with van der Waals surface area (Å²) in [5.74, 6) is 0.0367. The molecule has 0 bridgehead atoms. The van der Waals surface area contributed by atoms with Crippen LogP contribution < -0.4 is 10.6 Å². The third kappa shape index (κ3) is 3.40. The third-order valence-corrected chi connectivity index (χ3v) is 4.13. The van der Waals surface area contributed by atoms with Crippen LogP contribution >= 0.6 is 0 Å². The fourth-order valence-corrected chi connectivity index (χ4v) is 2.79. The fraction of sp³-hybridized carbons (Fsp3) is 0.438. The molecular weight excluding hydrogens is 294 g/mol. The minimum atomic E-state index is -0.526. The van der Waals surface area contributed by atoms with Crippen LogP contribution in [0.15, 0.2) is 36.5 Å². The number of anilines is 1. The largest absolute Gasteiger partial charge is 0.392 e. The maximum absolute atomic E-state index is 12.6. The summed E-state index contributed by atoms with van der Waals surface area (Å²) >= 11 is 0. The number of nitrogens with zero attached hydrogens (tertiary/aromatic N) is 4. The smallest absolute Gasteiger partial charge is 0.251 e. The van der Waals surface area contributed by atoms with Crippen LogP contribution in [0, 0.1) is 0 Å². The Labute approximate surface area is 134 Å². The lowest BCUT2D eigenvalue weighted by atomic mass is 10.1. The second-order valence-corrected chi connectivity index (χ2v) is 5.75. The Kier molecular flexibility index (Phi) is 4.68. The highest BCUT2D eigenvalue weighted by Crippen LogP contribution is 2.27. The summed E-state index contributed by atoms with van der Waals surface area (Å²) in [4.78, 5) is 14.4. The Morgan fingerprint density at radius 3 is 2.87 bits per heavy atom. The standard InChI is InChI=1S/C16H21N5O2/c17-10-14(22)7-6-12-11-21(19-18-12)15-8-9-20(16(15)23)13-4-2-1-3-5-13/h1-5,11,14-15,22H,6-10,17H2. The number of para-hydroxylation sites is 1. The molecule has 122 valence electrons. The van der Waals surface area contributed by atoms with Crippen LogP contribution in [-0.2, 0) is 11.2 Å². The molecule has 1 amide bonds. The van der Waals surface area contributed by atoms with Gasteiger partial charge in [-0.1, -0.05) is 23.4 Å². The molecule has 7 nitrogen and oxygen atoms in total. The van der Waals surface area contributed by atoms with Crippen molar-refractivity contribution in [3.8, 4) is 0 Å². The zero-order chi connectivity index (χ0) is 16.2. The molecule has 0 spiro atoms. The van der Waals surface area contributed by atoms with Gasteiger partial charge in [-0.25, -0.2) is 4.68 Å². The van der Waals surface area contributed by atoms with Gasteiger partial charge in [0.05, 0.1) is 11.8 Å². The lowest BCUT2D eigenvalue weighted by Crippen LogP contribution is -2.28. The normalized spacial score (nSPS) is 19.3. The zero-order valence-electron chi connectivity index (χ0n) is 12.9. The Balaban J connectivity index is 1.66. The first-order valence-corrected chi connectivity index (χ1v) is 7.84. The molecule has 1 aromatic heterocycles. The molecular formula is C16H21N5O2. The van der Waals surface area contributed by atoms with Gasteiger partial charge >= 0.3 is 0 Å². The van der Waals surface area contributed by atoms with Gasteiger partial charge in [-0.05, 0) is 31.4 Å². The predicted molar refractivity (Wildman–Crippen MR) is 85.9 cm³/mol. The summed E-state index contributed by atoms with van der Waals surface area (Å²) in [6.07, 6.45) is 3.12. The van der Waals surface area contributed by atoms with Crippen LogP contribution in [0.5, 0.6) is 0 Å². The van der Waals surface area contributed by atoms with E-state index in [1.807, 2.05) is 30.3 Å². The summed E-state index contributed by atoms with van der Waals surface area (Å²) in [5.41, 5.74) is 7.06. The maximum Gasteiger partial charge on any atom is 0.251 e. The van der Waals surface area contributed by atoms with E-state index >= 15 is 0 Å². The molecule has 1 fully saturated rings. The summed E-state index contributed by atoms with van der Waals surface area (Å²) in [7, 11) is 0. The van der Waals surface area contributed by atoms with E-state index in [4.69, 9.17) is 5.73 Å². The van der Waals surface area contributed by atoms with Crippen molar-refractivity contribution >= 4 is 11.6 Å². The molecule has 2 aromatic rings. The molecule has 2 atom stereocenters. The van der Waals surface area contributed by atoms with E-state index in [2.05, 4.69) is 10.3 Å². The maximum atomic E-state index is 12.6. The Bertz CT molecular complexity index is 658. The summed E-state index contributed by atoms with van der Waals surface area (Å²) in [6, 6.07) is 9.33. The van der Waals surface area contributed by atoms with E-state index in [0.717, 1.165) is 11.4 Å². The van der Waals surface area contributed by atoms with Gasteiger partial charge in [0, 0.05) is 25.0 Å². The van der Waals surface area contributed by atoms with Gasteiger partial charge in [0.25, 0.3) is 5.91 Å². The van der Waals surface area contributed by atoms with E-state index in [-0.39, 0.29) is 18.5 Å². The van der Waals surface area contributed by atoms with Crippen LogP contribution in [0.3, 0.4) is 0 Å². The van der Waals surface area contributed by atoms with Gasteiger partial charge < -0.3 is 15.7 Å². The zero-order valence-corrected chi connectivity index (χ0v) is 12.9. The number of hydrogen-bond acceptors (Lipinski definition) is 5. The fourth-order valence-electron chi connectivity index (χ4n) is 2.79. The second-order valence-electron chi connectivity index (χ2n) is 5.75. The van der Waals surface area contributed by atoms with Crippen molar-refractivity contribution in [3.63, 3.8) is 0 Å². The monoisotopic (exact) mass is 315 g/mol. The van der Waals surface area contributed by atoms with Gasteiger partial charge in [0.1, 0.15) is 6.04 Å². The number of carbonyl (C=O) groups excluding carboxylic acids is 1. The summed E-state index contributed by atoms with van der Waals surface area (Å²) in [5, 5.41) is 17.7. The lowest BCUT2D eigenvalue weighted by molar-refractivity contribution is -0.120. The van der Waals surface area contributed by atoms with Crippen LogP contribution in [0.1, 0.15) is 24.6 Å². The number of aliphatic hydroxyl groups is 1. The number of aromatic nitrogens is 3. The van der Waals surface area contributed by atoms with Crippen molar-refractivity contribution in [2.24, 2.45) is 5.73 Å². The first-order valence-electron chi connectivity index (χ1n) is 7.84. The van der Waals surface area contributed by atoms with E-state index in [1.54, 1.807) is 15.8 Å². The number of benzene rings is 1. The van der Waals surface area contributed by atoms with Gasteiger partial charge in [-0.3, -0.25) is 4.79 Å².